The van der Waals surface area contributed by atoms with Crippen LogP contribution in [0.1, 0.15) is 56.4 Å². The fourth-order valence-corrected chi connectivity index (χ4v) is 3.46. The summed E-state index contributed by atoms with van der Waals surface area (Å²) in [7, 11) is 0. The summed E-state index contributed by atoms with van der Waals surface area (Å²) in [6.07, 6.45) is 1.27. The Kier molecular flexibility index (Phi) is 8.53. The fraction of sp³-hybridized carbons (Fsp3) is 0.778. The SMILES string of the molecule is CCC(C)CN(CC)Cc1cc(CNCC(C)C)sc1C. The van der Waals surface area contributed by atoms with Crippen LogP contribution < -0.4 is 5.32 Å². The lowest BCUT2D eigenvalue weighted by Crippen LogP contribution is -2.27. The molecule has 0 aliphatic heterocycles. The fourth-order valence-electron chi connectivity index (χ4n) is 2.43. The van der Waals surface area contributed by atoms with E-state index in [1.165, 1.54) is 28.3 Å². The monoisotopic (exact) mass is 310 g/mol. The molecule has 1 unspecified atom stereocenters. The van der Waals surface area contributed by atoms with Gasteiger partial charge in [0.1, 0.15) is 0 Å². The maximum atomic E-state index is 3.55. The standard InChI is InChI=1S/C18H34N2S/c1-7-15(5)12-20(8-2)13-17-9-18(21-16(17)6)11-19-10-14(3)4/h9,14-15,19H,7-8,10-13H2,1-6H3. The minimum Gasteiger partial charge on any atom is -0.312 e. The van der Waals surface area contributed by atoms with E-state index in [0.29, 0.717) is 0 Å². The van der Waals surface area contributed by atoms with Gasteiger partial charge < -0.3 is 5.32 Å². The van der Waals surface area contributed by atoms with Gasteiger partial charge in [0, 0.05) is 29.4 Å². The van der Waals surface area contributed by atoms with Gasteiger partial charge in [0.25, 0.3) is 0 Å². The lowest BCUT2D eigenvalue weighted by molar-refractivity contribution is 0.238. The normalized spacial score (nSPS) is 13.3. The summed E-state index contributed by atoms with van der Waals surface area (Å²) in [5.74, 6) is 1.51. The predicted octanol–water partition coefficient (Wildman–Crippen LogP) is 4.67. The Hall–Kier alpha value is -0.380. The Morgan fingerprint density at radius 3 is 2.52 bits per heavy atom. The van der Waals surface area contributed by atoms with E-state index in [0.717, 1.165) is 38.0 Å². The van der Waals surface area contributed by atoms with Crippen molar-refractivity contribution < 1.29 is 0 Å². The van der Waals surface area contributed by atoms with Crippen LogP contribution in [0.5, 0.6) is 0 Å². The zero-order valence-corrected chi connectivity index (χ0v) is 15.6. The molecule has 1 heterocycles. The van der Waals surface area contributed by atoms with E-state index in [1.54, 1.807) is 0 Å². The first-order valence-corrected chi connectivity index (χ1v) is 9.29. The molecule has 0 saturated carbocycles. The summed E-state index contributed by atoms with van der Waals surface area (Å²) >= 11 is 1.95. The van der Waals surface area contributed by atoms with Gasteiger partial charge in [-0.2, -0.15) is 0 Å². The molecule has 0 amide bonds. The van der Waals surface area contributed by atoms with Gasteiger partial charge >= 0.3 is 0 Å². The third-order valence-electron chi connectivity index (χ3n) is 4.03. The molecule has 0 spiro atoms. The van der Waals surface area contributed by atoms with Crippen LogP contribution >= 0.6 is 11.3 Å². The molecule has 0 fully saturated rings. The lowest BCUT2D eigenvalue weighted by Gasteiger charge is -2.23. The molecular weight excluding hydrogens is 276 g/mol. The van der Waals surface area contributed by atoms with Crippen molar-refractivity contribution in [2.75, 3.05) is 19.6 Å². The van der Waals surface area contributed by atoms with Crippen molar-refractivity contribution in [3.8, 4) is 0 Å². The van der Waals surface area contributed by atoms with Crippen LogP contribution in [0.4, 0.5) is 0 Å². The Balaban J connectivity index is 2.55. The second kappa shape index (κ2) is 9.60. The van der Waals surface area contributed by atoms with Crippen molar-refractivity contribution in [3.05, 3.63) is 21.4 Å². The Morgan fingerprint density at radius 1 is 1.24 bits per heavy atom. The van der Waals surface area contributed by atoms with Gasteiger partial charge in [0.15, 0.2) is 0 Å². The quantitative estimate of drug-likeness (QED) is 0.675. The number of rotatable bonds is 10. The lowest BCUT2D eigenvalue weighted by atomic mass is 10.1. The molecular formula is C18H34N2S. The highest BCUT2D eigenvalue weighted by molar-refractivity contribution is 7.12. The van der Waals surface area contributed by atoms with Crippen molar-refractivity contribution in [2.24, 2.45) is 11.8 Å². The topological polar surface area (TPSA) is 15.3 Å². The van der Waals surface area contributed by atoms with Gasteiger partial charge in [-0.15, -0.1) is 11.3 Å². The molecule has 1 atom stereocenters. The molecule has 1 aromatic rings. The molecule has 0 bridgehead atoms. The van der Waals surface area contributed by atoms with Crippen molar-refractivity contribution >= 4 is 11.3 Å². The molecule has 1 N–H and O–H groups in total. The van der Waals surface area contributed by atoms with Crippen LogP contribution in [0.2, 0.25) is 0 Å². The zero-order valence-electron chi connectivity index (χ0n) is 14.8. The average Bonchev–Trinajstić information content (AvgIpc) is 2.77. The van der Waals surface area contributed by atoms with Crippen molar-refractivity contribution in [3.63, 3.8) is 0 Å². The Bertz CT molecular complexity index is 398. The van der Waals surface area contributed by atoms with Gasteiger partial charge in [-0.3, -0.25) is 4.90 Å². The predicted molar refractivity (Wildman–Crippen MR) is 96.0 cm³/mol. The maximum Gasteiger partial charge on any atom is 0.0300 e. The van der Waals surface area contributed by atoms with E-state index < -0.39 is 0 Å². The van der Waals surface area contributed by atoms with Crippen LogP contribution in [-0.2, 0) is 13.1 Å². The van der Waals surface area contributed by atoms with Gasteiger partial charge in [0.2, 0.25) is 0 Å². The van der Waals surface area contributed by atoms with Gasteiger partial charge in [-0.05, 0) is 43.5 Å². The molecule has 1 rings (SSSR count). The molecule has 0 aliphatic carbocycles. The number of aryl methyl sites for hydroxylation is 1. The number of thiophene rings is 1. The van der Waals surface area contributed by atoms with E-state index in [1.807, 2.05) is 11.3 Å². The largest absolute Gasteiger partial charge is 0.312 e. The van der Waals surface area contributed by atoms with Crippen molar-refractivity contribution in [2.45, 2.75) is 61.1 Å². The number of nitrogens with zero attached hydrogens (tertiary/aromatic N) is 1. The molecule has 0 aliphatic rings. The van der Waals surface area contributed by atoms with Crippen LogP contribution in [-0.4, -0.2) is 24.5 Å². The second-order valence-corrected chi connectivity index (χ2v) is 8.00. The summed E-state index contributed by atoms with van der Waals surface area (Å²) in [6, 6.07) is 2.41. The highest BCUT2D eigenvalue weighted by Crippen LogP contribution is 2.23. The molecule has 0 aromatic carbocycles. The van der Waals surface area contributed by atoms with Gasteiger partial charge in [0.05, 0.1) is 0 Å². The minimum atomic E-state index is 0.719. The molecule has 0 radical (unpaired) electrons. The van der Waals surface area contributed by atoms with E-state index in [2.05, 4.69) is 57.8 Å². The molecule has 3 heteroatoms. The minimum absolute atomic E-state index is 0.719. The Labute approximate surface area is 135 Å². The first-order chi connectivity index (χ1) is 9.96. The molecule has 0 saturated heterocycles. The summed E-state index contributed by atoms with van der Waals surface area (Å²) < 4.78 is 0. The summed E-state index contributed by atoms with van der Waals surface area (Å²) in [5, 5.41) is 3.55. The van der Waals surface area contributed by atoms with Crippen molar-refractivity contribution in [1.29, 1.82) is 0 Å². The van der Waals surface area contributed by atoms with E-state index in [-0.39, 0.29) is 0 Å². The van der Waals surface area contributed by atoms with Crippen LogP contribution in [0.25, 0.3) is 0 Å². The molecule has 2 nitrogen and oxygen atoms in total. The van der Waals surface area contributed by atoms with E-state index in [9.17, 15) is 0 Å². The highest BCUT2D eigenvalue weighted by atomic mass is 32.1. The molecule has 122 valence electrons. The maximum absolute atomic E-state index is 3.55. The smallest absolute Gasteiger partial charge is 0.0300 e. The van der Waals surface area contributed by atoms with Crippen LogP contribution in [0.3, 0.4) is 0 Å². The Morgan fingerprint density at radius 2 is 1.95 bits per heavy atom. The third kappa shape index (κ3) is 6.94. The van der Waals surface area contributed by atoms with Crippen LogP contribution in [0, 0.1) is 18.8 Å². The first kappa shape index (κ1) is 18.7. The summed E-state index contributed by atoms with van der Waals surface area (Å²) in [5.41, 5.74) is 1.52. The summed E-state index contributed by atoms with van der Waals surface area (Å²) in [6.45, 7) is 19.3. The molecule has 21 heavy (non-hydrogen) atoms. The van der Waals surface area contributed by atoms with E-state index >= 15 is 0 Å². The van der Waals surface area contributed by atoms with E-state index in [4.69, 9.17) is 0 Å². The number of hydrogen-bond donors (Lipinski definition) is 1. The van der Waals surface area contributed by atoms with Crippen molar-refractivity contribution in [1.82, 2.24) is 10.2 Å². The summed E-state index contributed by atoms with van der Waals surface area (Å²) in [4.78, 5) is 5.54. The number of nitrogens with one attached hydrogen (secondary N) is 1. The van der Waals surface area contributed by atoms with Gasteiger partial charge in [-0.1, -0.05) is 41.0 Å². The first-order valence-electron chi connectivity index (χ1n) is 8.47. The average molecular weight is 311 g/mol. The highest BCUT2D eigenvalue weighted by Gasteiger charge is 2.12. The van der Waals surface area contributed by atoms with Crippen LogP contribution in [0.15, 0.2) is 6.07 Å². The third-order valence-corrected chi connectivity index (χ3v) is 5.12. The second-order valence-electron chi connectivity index (χ2n) is 6.66. The van der Waals surface area contributed by atoms with Gasteiger partial charge in [-0.25, -0.2) is 0 Å². The number of hydrogen-bond acceptors (Lipinski definition) is 3. The zero-order chi connectivity index (χ0) is 15.8. The molecule has 1 aromatic heterocycles.